The largest absolute Gasteiger partial charge is 0.497 e. The molecule has 3 aromatic carbocycles. The summed E-state index contributed by atoms with van der Waals surface area (Å²) in [6.07, 6.45) is 1.60. The average Bonchev–Trinajstić information content (AvgIpc) is 2.79. The molecule has 4 rings (SSSR count). The first-order valence-electron chi connectivity index (χ1n) is 9.17. The lowest BCUT2D eigenvalue weighted by molar-refractivity contribution is 0.0956. The van der Waals surface area contributed by atoms with Gasteiger partial charge in [0, 0.05) is 10.9 Å². The van der Waals surface area contributed by atoms with E-state index in [1.54, 1.807) is 19.4 Å². The molecule has 0 radical (unpaired) electrons. The van der Waals surface area contributed by atoms with E-state index < -0.39 is 0 Å². The van der Waals surface area contributed by atoms with E-state index in [0.29, 0.717) is 5.56 Å². The van der Waals surface area contributed by atoms with Crippen LogP contribution in [0.15, 0.2) is 90.0 Å². The molecule has 142 valence electrons. The zero-order valence-electron chi connectivity index (χ0n) is 15.9. The van der Waals surface area contributed by atoms with Crippen molar-refractivity contribution in [3.8, 4) is 17.0 Å². The second kappa shape index (κ2) is 8.35. The quantitative estimate of drug-likeness (QED) is 0.403. The Kier molecular flexibility index (Phi) is 5.29. The highest BCUT2D eigenvalue weighted by atomic mass is 16.5. The number of rotatable bonds is 5. The number of hydrogen-bond acceptors (Lipinski definition) is 4. The van der Waals surface area contributed by atoms with Crippen LogP contribution in [-0.2, 0) is 0 Å². The second-order valence-corrected chi connectivity index (χ2v) is 6.41. The van der Waals surface area contributed by atoms with Crippen LogP contribution >= 0.6 is 0 Å². The van der Waals surface area contributed by atoms with Crippen molar-refractivity contribution in [2.24, 2.45) is 5.10 Å². The van der Waals surface area contributed by atoms with Crippen molar-refractivity contribution >= 4 is 23.0 Å². The number of para-hydroxylation sites is 1. The molecule has 4 aromatic rings. The Bertz CT molecular complexity index is 1170. The molecular weight excluding hydrogens is 362 g/mol. The first kappa shape index (κ1) is 18.4. The van der Waals surface area contributed by atoms with E-state index in [9.17, 15) is 4.79 Å². The topological polar surface area (TPSA) is 63.6 Å². The molecule has 0 spiro atoms. The van der Waals surface area contributed by atoms with E-state index in [1.165, 1.54) is 0 Å². The molecule has 1 aromatic heterocycles. The van der Waals surface area contributed by atoms with Crippen LogP contribution < -0.4 is 10.2 Å². The van der Waals surface area contributed by atoms with Gasteiger partial charge in [0.05, 0.1) is 30.1 Å². The number of amides is 1. The minimum Gasteiger partial charge on any atom is -0.497 e. The number of nitrogens with zero attached hydrogens (tertiary/aromatic N) is 2. The first-order valence-corrected chi connectivity index (χ1v) is 9.17. The third-order valence-electron chi connectivity index (χ3n) is 4.53. The van der Waals surface area contributed by atoms with E-state index >= 15 is 0 Å². The fraction of sp³-hybridized carbons (Fsp3) is 0.0417. The Morgan fingerprint density at radius 3 is 2.45 bits per heavy atom. The van der Waals surface area contributed by atoms with Gasteiger partial charge in [-0.15, -0.1) is 0 Å². The third-order valence-corrected chi connectivity index (χ3v) is 4.53. The van der Waals surface area contributed by atoms with Gasteiger partial charge in [-0.25, -0.2) is 10.4 Å². The first-order chi connectivity index (χ1) is 14.2. The maximum atomic E-state index is 12.9. The molecule has 0 aliphatic heterocycles. The number of hydrogen-bond donors (Lipinski definition) is 1. The van der Waals surface area contributed by atoms with Gasteiger partial charge in [-0.1, -0.05) is 48.5 Å². The average molecular weight is 381 g/mol. The number of methoxy groups -OCH3 is 1. The van der Waals surface area contributed by atoms with E-state index in [4.69, 9.17) is 9.72 Å². The van der Waals surface area contributed by atoms with Gasteiger partial charge in [-0.2, -0.15) is 5.10 Å². The van der Waals surface area contributed by atoms with E-state index in [1.807, 2.05) is 78.9 Å². The summed E-state index contributed by atoms with van der Waals surface area (Å²) in [5.74, 6) is 0.480. The lowest BCUT2D eigenvalue weighted by atomic mass is 10.0. The molecule has 0 unspecified atom stereocenters. The molecule has 5 nitrogen and oxygen atoms in total. The molecule has 0 fully saturated rings. The smallest absolute Gasteiger partial charge is 0.272 e. The van der Waals surface area contributed by atoms with Gasteiger partial charge < -0.3 is 4.74 Å². The summed E-state index contributed by atoms with van der Waals surface area (Å²) in [5.41, 5.74) is 6.46. The van der Waals surface area contributed by atoms with Gasteiger partial charge in [0.2, 0.25) is 0 Å². The maximum absolute atomic E-state index is 12.9. The number of hydrazone groups is 1. The molecule has 5 heteroatoms. The van der Waals surface area contributed by atoms with Crippen molar-refractivity contribution in [1.29, 1.82) is 0 Å². The summed E-state index contributed by atoms with van der Waals surface area (Å²) in [5, 5.41) is 4.88. The molecule has 0 atom stereocenters. The molecule has 0 aliphatic carbocycles. The molecule has 1 amide bonds. The van der Waals surface area contributed by atoms with Crippen molar-refractivity contribution in [3.05, 3.63) is 96.1 Å². The normalized spacial score (nSPS) is 10.9. The second-order valence-electron chi connectivity index (χ2n) is 6.41. The van der Waals surface area contributed by atoms with Gasteiger partial charge in [-0.3, -0.25) is 4.79 Å². The number of aromatic nitrogens is 1. The van der Waals surface area contributed by atoms with E-state index in [2.05, 4.69) is 10.5 Å². The Hall–Kier alpha value is -3.99. The minimum absolute atomic E-state index is 0.287. The van der Waals surface area contributed by atoms with E-state index in [0.717, 1.165) is 33.5 Å². The highest BCUT2D eigenvalue weighted by Crippen LogP contribution is 2.24. The lowest BCUT2D eigenvalue weighted by Gasteiger charge is -2.09. The highest BCUT2D eigenvalue weighted by molar-refractivity contribution is 6.07. The summed E-state index contributed by atoms with van der Waals surface area (Å²) in [6, 6.07) is 26.6. The minimum atomic E-state index is -0.287. The molecule has 1 heterocycles. The highest BCUT2D eigenvalue weighted by Gasteiger charge is 2.13. The van der Waals surface area contributed by atoms with Crippen LogP contribution in [0.4, 0.5) is 0 Å². The predicted molar refractivity (Wildman–Crippen MR) is 115 cm³/mol. The Labute approximate surface area is 168 Å². The number of nitrogens with one attached hydrogen (secondary N) is 1. The van der Waals surface area contributed by atoms with Crippen LogP contribution in [0.5, 0.6) is 5.75 Å². The molecule has 0 bridgehead atoms. The Morgan fingerprint density at radius 1 is 0.966 bits per heavy atom. The SMILES string of the molecule is COc1ccc(/C=N\NC(=O)c2cc(-c3ccccc3)nc3ccccc23)cc1. The van der Waals surface area contributed by atoms with Crippen molar-refractivity contribution in [2.75, 3.05) is 7.11 Å². The summed E-state index contributed by atoms with van der Waals surface area (Å²) < 4.78 is 5.14. The number of carbonyl (C=O) groups is 1. The van der Waals surface area contributed by atoms with Gasteiger partial charge in [0.1, 0.15) is 5.75 Å². The van der Waals surface area contributed by atoms with Gasteiger partial charge in [0.25, 0.3) is 5.91 Å². The number of carbonyl (C=O) groups excluding carboxylic acids is 1. The van der Waals surface area contributed by atoms with Gasteiger partial charge in [0.15, 0.2) is 0 Å². The third kappa shape index (κ3) is 4.14. The van der Waals surface area contributed by atoms with Crippen LogP contribution in [0.2, 0.25) is 0 Å². The van der Waals surface area contributed by atoms with Crippen molar-refractivity contribution in [3.63, 3.8) is 0 Å². The number of pyridine rings is 1. The van der Waals surface area contributed by atoms with Crippen LogP contribution in [0.25, 0.3) is 22.2 Å². The fourth-order valence-corrected chi connectivity index (χ4v) is 3.04. The molecule has 1 N–H and O–H groups in total. The predicted octanol–water partition coefficient (Wildman–Crippen LogP) is 4.67. The van der Waals surface area contributed by atoms with Crippen LogP contribution in [0.3, 0.4) is 0 Å². The number of fused-ring (bicyclic) bond motifs is 1. The molecule has 0 aliphatic rings. The molecule has 0 saturated carbocycles. The van der Waals surface area contributed by atoms with Crippen LogP contribution in [0, 0.1) is 0 Å². The van der Waals surface area contributed by atoms with Crippen LogP contribution in [0.1, 0.15) is 15.9 Å². The molecule has 29 heavy (non-hydrogen) atoms. The zero-order chi connectivity index (χ0) is 20.1. The Morgan fingerprint density at radius 2 is 1.69 bits per heavy atom. The van der Waals surface area contributed by atoms with Crippen LogP contribution in [-0.4, -0.2) is 24.2 Å². The van der Waals surface area contributed by atoms with Crippen molar-refractivity contribution in [2.45, 2.75) is 0 Å². The standard InChI is InChI=1S/C24H19N3O2/c1-29-19-13-11-17(12-14-19)16-25-27-24(28)21-15-23(18-7-3-2-4-8-18)26-22-10-6-5-9-20(21)22/h2-16H,1H3,(H,27,28)/b25-16-. The van der Waals surface area contributed by atoms with Crippen molar-refractivity contribution < 1.29 is 9.53 Å². The van der Waals surface area contributed by atoms with Gasteiger partial charge >= 0.3 is 0 Å². The number of benzene rings is 3. The summed E-state index contributed by atoms with van der Waals surface area (Å²) in [7, 11) is 1.62. The summed E-state index contributed by atoms with van der Waals surface area (Å²) >= 11 is 0. The van der Waals surface area contributed by atoms with E-state index in [-0.39, 0.29) is 5.91 Å². The molecule has 0 saturated heterocycles. The number of ether oxygens (including phenoxy) is 1. The van der Waals surface area contributed by atoms with Gasteiger partial charge in [-0.05, 0) is 42.0 Å². The Balaban J connectivity index is 1.63. The summed E-state index contributed by atoms with van der Waals surface area (Å²) in [6.45, 7) is 0. The van der Waals surface area contributed by atoms with Crippen molar-refractivity contribution in [1.82, 2.24) is 10.4 Å². The maximum Gasteiger partial charge on any atom is 0.272 e. The lowest BCUT2D eigenvalue weighted by Crippen LogP contribution is -2.18. The monoisotopic (exact) mass is 381 g/mol. The summed E-state index contributed by atoms with van der Waals surface area (Å²) in [4.78, 5) is 17.6. The zero-order valence-corrected chi connectivity index (χ0v) is 15.9. The molecular formula is C24H19N3O2. The fourth-order valence-electron chi connectivity index (χ4n) is 3.04.